The van der Waals surface area contributed by atoms with Crippen molar-refractivity contribution < 1.29 is 44.3 Å². The molecule has 0 bridgehead atoms. The van der Waals surface area contributed by atoms with E-state index < -0.39 is 24.1 Å². The van der Waals surface area contributed by atoms with Gasteiger partial charge in [0.2, 0.25) is 0 Å². The maximum Gasteiger partial charge on any atom is 0.335 e. The van der Waals surface area contributed by atoms with Gasteiger partial charge in [-0.15, -0.1) is 0 Å². The lowest BCUT2D eigenvalue weighted by molar-refractivity contribution is -0.165. The van der Waals surface area contributed by atoms with E-state index >= 15 is 0 Å². The van der Waals surface area contributed by atoms with Gasteiger partial charge in [-0.2, -0.15) is 0 Å². The molecule has 4 rings (SSSR count). The summed E-state index contributed by atoms with van der Waals surface area (Å²) in [5, 5.41) is 33.2. The van der Waals surface area contributed by atoms with Crippen LogP contribution in [0.4, 0.5) is 0 Å². The first-order chi connectivity index (χ1) is 22.3. The van der Waals surface area contributed by atoms with E-state index in [9.17, 15) is 14.4 Å². The number of likely N-dealkylation sites (tertiary alicyclic amines) is 1. The second-order valence-corrected chi connectivity index (χ2v) is 13.3. The number of aliphatic carboxylic acids is 2. The van der Waals surface area contributed by atoms with E-state index in [1.165, 1.54) is 12.8 Å². The Balaban J connectivity index is 0.000000520. The van der Waals surface area contributed by atoms with Crippen LogP contribution >= 0.6 is 11.6 Å². The van der Waals surface area contributed by atoms with Gasteiger partial charge in [0.1, 0.15) is 12.2 Å². The fraction of sp³-hybridized carbons (Fsp3) is 0.600. The number of carboxylic acid groups (broad SMARTS) is 2. The molecule has 0 unspecified atom stereocenters. The zero-order chi connectivity index (χ0) is 34.5. The molecule has 47 heavy (non-hydrogen) atoms. The molecule has 1 aromatic carbocycles. The maximum absolute atomic E-state index is 12.6. The van der Waals surface area contributed by atoms with Gasteiger partial charge < -0.3 is 34.8 Å². The van der Waals surface area contributed by atoms with Gasteiger partial charge in [-0.05, 0) is 86.2 Å². The number of hydrogen-bond donors (Lipinski definition) is 4. The van der Waals surface area contributed by atoms with Crippen molar-refractivity contribution in [1.82, 2.24) is 9.88 Å². The van der Waals surface area contributed by atoms with Crippen molar-refractivity contribution in [1.29, 1.82) is 0 Å². The standard InChI is InChI=1S/C31H43ClN2O3.C4H6O6/c1-22(2)27-14-9-23(3)21-29(27)37-30(35)8-6-18-34-19-15-26(16-20-34)36-31(28-7-4-5-17-33-28)24-10-12-25(32)13-11-24;5-1(3(7)8)2(6)4(9)10/h4-5,7,10-13,17,22-23,26-27,29,31H,6,8-9,14-16,18-21H2,1-3H3;1-2,5-6H,(H,7,8)(H,9,10)/t23-,27+,29-,31-;1-,2-/m01/s1. The Labute approximate surface area is 281 Å². The summed E-state index contributed by atoms with van der Waals surface area (Å²) >= 11 is 6.11. The minimum atomic E-state index is -2.27. The molecule has 0 spiro atoms. The second-order valence-electron chi connectivity index (χ2n) is 12.9. The number of aromatic nitrogens is 1. The third-order valence-electron chi connectivity index (χ3n) is 8.90. The summed E-state index contributed by atoms with van der Waals surface area (Å²) in [6.45, 7) is 9.66. The molecule has 1 aliphatic carbocycles. The second kappa shape index (κ2) is 19.0. The first kappa shape index (κ1) is 38.4. The van der Waals surface area contributed by atoms with Gasteiger partial charge in [-0.1, -0.05) is 57.0 Å². The molecule has 1 saturated carbocycles. The highest BCUT2D eigenvalue weighted by Crippen LogP contribution is 2.35. The van der Waals surface area contributed by atoms with E-state index in [1.54, 1.807) is 0 Å². The number of rotatable bonds is 13. The van der Waals surface area contributed by atoms with Crippen LogP contribution in [0, 0.1) is 17.8 Å². The van der Waals surface area contributed by atoms with Crippen LogP contribution in [-0.4, -0.2) is 92.3 Å². The van der Waals surface area contributed by atoms with Crippen molar-refractivity contribution in [3.05, 3.63) is 64.9 Å². The van der Waals surface area contributed by atoms with Crippen LogP contribution in [0.3, 0.4) is 0 Å². The molecule has 1 aliphatic heterocycles. The molecule has 0 amide bonds. The van der Waals surface area contributed by atoms with Crippen LogP contribution in [-0.2, 0) is 23.9 Å². The Bertz CT molecular complexity index is 1240. The van der Waals surface area contributed by atoms with Crippen molar-refractivity contribution in [2.75, 3.05) is 19.6 Å². The van der Waals surface area contributed by atoms with E-state index in [1.807, 2.05) is 48.7 Å². The Morgan fingerprint density at radius 3 is 2.15 bits per heavy atom. The Kier molecular flexibility index (Phi) is 15.5. The molecular weight excluding hydrogens is 628 g/mol. The largest absolute Gasteiger partial charge is 0.479 e. The predicted molar refractivity (Wildman–Crippen MR) is 176 cm³/mol. The normalized spacial score (nSPS) is 22.4. The van der Waals surface area contributed by atoms with E-state index in [4.69, 9.17) is 41.5 Å². The van der Waals surface area contributed by atoms with Gasteiger partial charge in [0.15, 0.2) is 12.2 Å². The summed E-state index contributed by atoms with van der Waals surface area (Å²) in [6, 6.07) is 13.8. The Morgan fingerprint density at radius 2 is 1.60 bits per heavy atom. The van der Waals surface area contributed by atoms with Crippen LogP contribution in [0.15, 0.2) is 48.7 Å². The van der Waals surface area contributed by atoms with Crippen LogP contribution in [0.5, 0.6) is 0 Å². The molecule has 2 heterocycles. The molecule has 12 heteroatoms. The first-order valence-corrected chi connectivity index (χ1v) is 16.8. The molecule has 2 aromatic rings. The molecule has 1 aromatic heterocycles. The number of aliphatic hydroxyl groups is 2. The third kappa shape index (κ3) is 12.5. The van der Waals surface area contributed by atoms with Crippen LogP contribution < -0.4 is 0 Å². The summed E-state index contributed by atoms with van der Waals surface area (Å²) in [5.41, 5.74) is 1.98. The van der Waals surface area contributed by atoms with Crippen LogP contribution in [0.25, 0.3) is 0 Å². The predicted octanol–water partition coefficient (Wildman–Crippen LogP) is 4.97. The van der Waals surface area contributed by atoms with Gasteiger partial charge in [0.05, 0.1) is 11.8 Å². The zero-order valence-electron chi connectivity index (χ0n) is 27.4. The van der Waals surface area contributed by atoms with Crippen molar-refractivity contribution in [3.63, 3.8) is 0 Å². The van der Waals surface area contributed by atoms with E-state index in [0.717, 1.165) is 56.6 Å². The third-order valence-corrected chi connectivity index (χ3v) is 9.15. The topological polar surface area (TPSA) is 167 Å². The van der Waals surface area contributed by atoms with Crippen LogP contribution in [0.2, 0.25) is 5.02 Å². The maximum atomic E-state index is 12.6. The van der Waals surface area contributed by atoms with Crippen molar-refractivity contribution >= 4 is 29.5 Å². The highest BCUT2D eigenvalue weighted by molar-refractivity contribution is 6.30. The lowest BCUT2D eigenvalue weighted by Gasteiger charge is -2.36. The number of nitrogens with zero attached hydrogens (tertiary/aromatic N) is 2. The zero-order valence-corrected chi connectivity index (χ0v) is 28.2. The molecule has 4 N–H and O–H groups in total. The molecule has 260 valence electrons. The van der Waals surface area contributed by atoms with E-state index in [-0.39, 0.29) is 24.3 Å². The molecule has 2 aliphatic rings. The SMILES string of the molecule is CC(C)[C@H]1CC[C@H](C)C[C@@H]1OC(=O)CCCN1CCC(O[C@@H](c2ccc(Cl)cc2)c2ccccn2)CC1.O=C(O)[C@H](O)[C@@H](O)C(=O)O. The molecule has 2 fully saturated rings. The average molecular weight is 677 g/mol. The van der Waals surface area contributed by atoms with Crippen molar-refractivity contribution in [2.24, 2.45) is 17.8 Å². The fourth-order valence-electron chi connectivity index (χ4n) is 6.14. The number of benzene rings is 1. The minimum Gasteiger partial charge on any atom is -0.479 e. The average Bonchev–Trinajstić information content (AvgIpc) is 3.04. The summed E-state index contributed by atoms with van der Waals surface area (Å²) in [4.78, 5) is 39.2. The van der Waals surface area contributed by atoms with Gasteiger partial charge in [-0.25, -0.2) is 9.59 Å². The number of carbonyl (C=O) groups excluding carboxylic acids is 1. The van der Waals surface area contributed by atoms with Gasteiger partial charge in [0, 0.05) is 30.7 Å². The summed E-state index contributed by atoms with van der Waals surface area (Å²) < 4.78 is 12.6. The van der Waals surface area contributed by atoms with Gasteiger partial charge >= 0.3 is 17.9 Å². The number of aliphatic hydroxyl groups excluding tert-OH is 2. The number of hydrogen-bond acceptors (Lipinski definition) is 9. The highest BCUT2D eigenvalue weighted by atomic mass is 35.5. The molecular formula is C35H49ClN2O9. The lowest BCUT2D eigenvalue weighted by atomic mass is 9.75. The Morgan fingerprint density at radius 1 is 0.957 bits per heavy atom. The summed E-state index contributed by atoms with van der Waals surface area (Å²) in [6.07, 6.45) is 4.06. The van der Waals surface area contributed by atoms with Gasteiger partial charge in [0.25, 0.3) is 0 Å². The van der Waals surface area contributed by atoms with E-state index in [0.29, 0.717) is 29.2 Å². The summed E-state index contributed by atoms with van der Waals surface area (Å²) in [5.74, 6) is -1.85. The Hall–Kier alpha value is -3.09. The summed E-state index contributed by atoms with van der Waals surface area (Å²) in [7, 11) is 0. The molecule has 6 atom stereocenters. The number of pyridine rings is 1. The monoisotopic (exact) mass is 676 g/mol. The van der Waals surface area contributed by atoms with Crippen molar-refractivity contribution in [3.8, 4) is 0 Å². The van der Waals surface area contributed by atoms with Crippen LogP contribution in [0.1, 0.15) is 83.1 Å². The number of halogens is 1. The number of carboxylic acids is 2. The fourth-order valence-corrected chi connectivity index (χ4v) is 6.27. The highest BCUT2D eigenvalue weighted by Gasteiger charge is 2.33. The first-order valence-electron chi connectivity index (χ1n) is 16.4. The number of esters is 1. The number of ether oxygens (including phenoxy) is 2. The molecule has 0 radical (unpaired) electrons. The molecule has 1 saturated heterocycles. The number of piperidine rings is 1. The van der Waals surface area contributed by atoms with E-state index in [2.05, 4.69) is 30.7 Å². The quantitative estimate of drug-likeness (QED) is 0.212. The van der Waals surface area contributed by atoms with Gasteiger partial charge in [-0.3, -0.25) is 9.78 Å². The minimum absolute atomic E-state index is 0.0239. The smallest absolute Gasteiger partial charge is 0.335 e. The molecule has 11 nitrogen and oxygen atoms in total. The number of carbonyl (C=O) groups is 3. The lowest BCUT2D eigenvalue weighted by Crippen LogP contribution is -2.39. The van der Waals surface area contributed by atoms with Crippen molar-refractivity contribution in [2.45, 2.75) is 96.2 Å².